The predicted molar refractivity (Wildman–Crippen MR) is 99.2 cm³/mol. The average molecular weight is 362 g/mol. The van der Waals surface area contributed by atoms with Crippen molar-refractivity contribution in [3.63, 3.8) is 0 Å². The summed E-state index contributed by atoms with van der Waals surface area (Å²) in [7, 11) is 2.16. The van der Waals surface area contributed by atoms with E-state index in [1.807, 2.05) is 17.9 Å². The zero-order valence-corrected chi connectivity index (χ0v) is 16.0. The molecule has 7 nitrogen and oxygen atoms in total. The Bertz CT molecular complexity index is 607. The second-order valence-corrected chi connectivity index (χ2v) is 7.38. The highest BCUT2D eigenvalue weighted by Crippen LogP contribution is 2.27. The van der Waals surface area contributed by atoms with Crippen LogP contribution in [0.25, 0.3) is 0 Å². The fourth-order valence-corrected chi connectivity index (χ4v) is 3.59. The van der Waals surface area contributed by atoms with E-state index in [0.29, 0.717) is 11.6 Å². The molecule has 3 rings (SSSR count). The second-order valence-electron chi connectivity index (χ2n) is 7.38. The number of carbonyl (C=O) groups excluding carboxylic acids is 1. The highest BCUT2D eigenvalue weighted by molar-refractivity contribution is 5.92. The van der Waals surface area contributed by atoms with Crippen molar-refractivity contribution in [2.24, 2.45) is 5.92 Å². The summed E-state index contributed by atoms with van der Waals surface area (Å²) in [5.74, 6) is 1.98. The summed E-state index contributed by atoms with van der Waals surface area (Å²) in [4.78, 5) is 34.5. The van der Waals surface area contributed by atoms with Crippen LogP contribution in [0.15, 0.2) is 6.07 Å². The van der Waals surface area contributed by atoms with Crippen LogP contribution in [-0.4, -0.2) is 70.5 Å². The van der Waals surface area contributed by atoms with E-state index in [2.05, 4.69) is 28.8 Å². The van der Waals surface area contributed by atoms with Gasteiger partial charge in [0.25, 0.3) is 12.4 Å². The monoisotopic (exact) mass is 362 g/mol. The zero-order valence-electron chi connectivity index (χ0n) is 16.0. The van der Waals surface area contributed by atoms with Gasteiger partial charge in [-0.15, -0.1) is 0 Å². The first-order valence-corrected chi connectivity index (χ1v) is 9.35. The molecule has 0 spiro atoms. The minimum absolute atomic E-state index is 0.0802. The minimum Gasteiger partial charge on any atom is -0.483 e. The van der Waals surface area contributed by atoms with Crippen LogP contribution in [-0.2, 0) is 4.79 Å². The van der Waals surface area contributed by atoms with Crippen molar-refractivity contribution in [3.05, 3.63) is 23.3 Å². The molecule has 2 fully saturated rings. The van der Waals surface area contributed by atoms with Crippen molar-refractivity contribution in [2.45, 2.75) is 45.4 Å². The molecule has 1 N–H and O–H groups in total. The first kappa shape index (κ1) is 20.3. The molecular formula is C19H30N4O3. The van der Waals surface area contributed by atoms with Gasteiger partial charge in [0.2, 0.25) is 0 Å². The van der Waals surface area contributed by atoms with E-state index in [0.717, 1.165) is 69.3 Å². The maximum absolute atomic E-state index is 12.8. The first-order valence-electron chi connectivity index (χ1n) is 9.35. The third-order valence-electron chi connectivity index (χ3n) is 5.28. The molecule has 0 atom stereocenters. The molecule has 26 heavy (non-hydrogen) atoms. The summed E-state index contributed by atoms with van der Waals surface area (Å²) in [5.41, 5.74) is 1.64. The lowest BCUT2D eigenvalue weighted by molar-refractivity contribution is -0.122. The van der Waals surface area contributed by atoms with Crippen LogP contribution < -0.4 is 0 Å². The fraction of sp³-hybridized carbons (Fsp3) is 0.684. The lowest BCUT2D eigenvalue weighted by Gasteiger charge is -2.31. The Hall–Kier alpha value is -2.02. The van der Waals surface area contributed by atoms with Gasteiger partial charge in [0.15, 0.2) is 0 Å². The largest absolute Gasteiger partial charge is 0.483 e. The zero-order chi connectivity index (χ0) is 19.1. The van der Waals surface area contributed by atoms with Gasteiger partial charge in [0, 0.05) is 24.7 Å². The summed E-state index contributed by atoms with van der Waals surface area (Å²) in [5, 5.41) is 6.89. The summed E-state index contributed by atoms with van der Waals surface area (Å²) < 4.78 is 0. The van der Waals surface area contributed by atoms with Crippen LogP contribution in [0.4, 0.5) is 0 Å². The molecule has 144 valence electrons. The highest BCUT2D eigenvalue weighted by atomic mass is 16.3. The SMILES string of the molecule is Cc1nc(C(=O)N2CCC(C)CC2)cc(C2CCN(C)CC2)n1.O=CO. The molecule has 1 aromatic rings. The third-order valence-corrected chi connectivity index (χ3v) is 5.28. The van der Waals surface area contributed by atoms with Crippen LogP contribution in [0.1, 0.15) is 60.5 Å². The molecule has 0 bridgehead atoms. The number of carboxylic acid groups (broad SMARTS) is 1. The van der Waals surface area contributed by atoms with Gasteiger partial charge in [-0.2, -0.15) is 0 Å². The normalized spacial score (nSPS) is 19.6. The second kappa shape index (κ2) is 9.62. The molecule has 1 amide bonds. The van der Waals surface area contributed by atoms with Crippen LogP contribution in [0.3, 0.4) is 0 Å². The maximum Gasteiger partial charge on any atom is 0.290 e. The summed E-state index contributed by atoms with van der Waals surface area (Å²) in [6, 6.07) is 1.95. The van der Waals surface area contributed by atoms with E-state index < -0.39 is 0 Å². The molecule has 2 saturated heterocycles. The number of hydrogen-bond acceptors (Lipinski definition) is 5. The maximum atomic E-state index is 12.8. The Balaban J connectivity index is 0.000000758. The summed E-state index contributed by atoms with van der Waals surface area (Å²) in [6.45, 7) is 7.81. The van der Waals surface area contributed by atoms with Gasteiger partial charge in [-0.1, -0.05) is 6.92 Å². The third kappa shape index (κ3) is 5.49. The molecule has 0 unspecified atom stereocenters. The molecular weight excluding hydrogens is 332 g/mol. The van der Waals surface area contributed by atoms with Crippen molar-refractivity contribution >= 4 is 12.4 Å². The Kier molecular flexibility index (Phi) is 7.50. The van der Waals surface area contributed by atoms with E-state index in [9.17, 15) is 4.79 Å². The van der Waals surface area contributed by atoms with Crippen molar-refractivity contribution in [1.82, 2.24) is 19.8 Å². The number of likely N-dealkylation sites (tertiary alicyclic amines) is 2. The quantitative estimate of drug-likeness (QED) is 0.812. The van der Waals surface area contributed by atoms with Gasteiger partial charge in [-0.05, 0) is 64.7 Å². The van der Waals surface area contributed by atoms with Crippen LogP contribution >= 0.6 is 0 Å². The Morgan fingerprint density at radius 2 is 1.73 bits per heavy atom. The van der Waals surface area contributed by atoms with Crippen LogP contribution in [0.2, 0.25) is 0 Å². The molecule has 0 radical (unpaired) electrons. The Morgan fingerprint density at radius 3 is 2.31 bits per heavy atom. The van der Waals surface area contributed by atoms with Crippen LogP contribution in [0, 0.1) is 12.8 Å². The van der Waals surface area contributed by atoms with Crippen molar-refractivity contribution in [2.75, 3.05) is 33.2 Å². The van der Waals surface area contributed by atoms with Crippen molar-refractivity contribution in [1.29, 1.82) is 0 Å². The lowest BCUT2D eigenvalue weighted by Crippen LogP contribution is -2.38. The van der Waals surface area contributed by atoms with Gasteiger partial charge in [-0.3, -0.25) is 9.59 Å². The van der Waals surface area contributed by atoms with Crippen molar-refractivity contribution < 1.29 is 14.7 Å². The summed E-state index contributed by atoms with van der Waals surface area (Å²) in [6.07, 6.45) is 4.42. The summed E-state index contributed by atoms with van der Waals surface area (Å²) >= 11 is 0. The molecule has 2 aliphatic heterocycles. The number of hydrogen-bond donors (Lipinski definition) is 1. The molecule has 3 heterocycles. The molecule has 1 aromatic heterocycles. The van der Waals surface area contributed by atoms with Gasteiger partial charge < -0.3 is 14.9 Å². The topological polar surface area (TPSA) is 86.6 Å². The lowest BCUT2D eigenvalue weighted by atomic mass is 9.93. The Morgan fingerprint density at radius 1 is 1.15 bits per heavy atom. The van der Waals surface area contributed by atoms with Crippen molar-refractivity contribution in [3.8, 4) is 0 Å². The number of aromatic nitrogens is 2. The number of nitrogens with zero attached hydrogens (tertiary/aromatic N) is 4. The van der Waals surface area contributed by atoms with E-state index in [4.69, 9.17) is 9.90 Å². The van der Waals surface area contributed by atoms with Crippen LogP contribution in [0.5, 0.6) is 0 Å². The van der Waals surface area contributed by atoms with E-state index in [1.165, 1.54) is 0 Å². The molecule has 0 aliphatic carbocycles. The van der Waals surface area contributed by atoms with Gasteiger partial charge in [0.1, 0.15) is 11.5 Å². The predicted octanol–water partition coefficient (Wildman–Crippen LogP) is 2.17. The fourth-order valence-electron chi connectivity index (χ4n) is 3.59. The van der Waals surface area contributed by atoms with E-state index in [1.54, 1.807) is 0 Å². The van der Waals surface area contributed by atoms with E-state index in [-0.39, 0.29) is 12.4 Å². The number of aryl methyl sites for hydroxylation is 1. The van der Waals surface area contributed by atoms with Gasteiger partial charge in [-0.25, -0.2) is 9.97 Å². The average Bonchev–Trinajstić information content (AvgIpc) is 2.62. The molecule has 0 saturated carbocycles. The van der Waals surface area contributed by atoms with Gasteiger partial charge >= 0.3 is 0 Å². The number of amides is 1. The Labute approximate surface area is 155 Å². The number of piperidine rings is 2. The first-order chi connectivity index (χ1) is 12.4. The standard InChI is InChI=1S/C18H28N4O.CH2O2/c1-13-4-10-22(11-5-13)18(23)17-12-16(19-14(2)20-17)15-6-8-21(3)9-7-15;2-1-3/h12-13,15H,4-11H2,1-3H3;1H,(H,2,3). The molecule has 7 heteroatoms. The highest BCUT2D eigenvalue weighted by Gasteiger charge is 2.25. The smallest absolute Gasteiger partial charge is 0.290 e. The molecule has 0 aromatic carbocycles. The van der Waals surface area contributed by atoms with E-state index >= 15 is 0 Å². The minimum atomic E-state index is -0.250. The molecule has 2 aliphatic rings. The number of carbonyl (C=O) groups is 2. The van der Waals surface area contributed by atoms with Gasteiger partial charge in [0.05, 0.1) is 0 Å². The number of rotatable bonds is 2.